The minimum atomic E-state index is -3.69. The van der Waals surface area contributed by atoms with Crippen LogP contribution in [0.5, 0.6) is 0 Å². The molecule has 0 amide bonds. The van der Waals surface area contributed by atoms with Gasteiger partial charge in [-0.2, -0.15) is 0 Å². The average molecular weight is 761 g/mol. The molecule has 0 aromatic carbocycles. The lowest BCUT2D eigenvalue weighted by atomic mass is 10.5. The van der Waals surface area contributed by atoms with Gasteiger partial charge in [0.15, 0.2) is 25.0 Å². The molecule has 0 aliphatic rings. The highest BCUT2D eigenvalue weighted by molar-refractivity contribution is 6.98. The lowest BCUT2D eigenvalue weighted by molar-refractivity contribution is 0.165. The first-order valence-corrected chi connectivity index (χ1v) is 41.1. The third-order valence-electron chi connectivity index (χ3n) is 7.82. The molecule has 0 bridgehead atoms. The van der Waals surface area contributed by atoms with Crippen molar-refractivity contribution in [3.05, 3.63) is 0 Å². The van der Waals surface area contributed by atoms with Crippen molar-refractivity contribution in [1.29, 1.82) is 0 Å². The zero-order valence-electron chi connectivity index (χ0n) is 33.0. The van der Waals surface area contributed by atoms with E-state index in [9.17, 15) is 4.80 Å². The number of hydrogen-bond acceptors (Lipinski definition) is 6. The first-order valence-electron chi connectivity index (χ1n) is 17.2. The van der Waals surface area contributed by atoms with E-state index in [1.807, 2.05) is 13.1 Å². The fourth-order valence-electron chi connectivity index (χ4n) is 6.17. The van der Waals surface area contributed by atoms with Crippen molar-refractivity contribution in [2.24, 2.45) is 0 Å². The maximum absolute atomic E-state index is 14.5. The first-order chi connectivity index (χ1) is 19.3. The van der Waals surface area contributed by atoms with Gasteiger partial charge in [0.1, 0.15) is 0 Å². The predicted molar refractivity (Wildman–Crippen MR) is 209 cm³/mol. The summed E-state index contributed by atoms with van der Waals surface area (Å²) in [6.07, 6.45) is 3.25. The van der Waals surface area contributed by atoms with Crippen LogP contribution in [0.15, 0.2) is 0 Å². The van der Waals surface area contributed by atoms with E-state index >= 15 is 0 Å². The summed E-state index contributed by atoms with van der Waals surface area (Å²) < 4.78 is 43.5. The maximum Gasteiger partial charge on any atom is 0.472 e. The van der Waals surface area contributed by atoms with Crippen LogP contribution in [0, 0.1) is 0 Å². The van der Waals surface area contributed by atoms with Gasteiger partial charge in [-0.05, 0) is 137 Å². The molecule has 4 unspecified atom stereocenters. The molecule has 15 heteroatoms. The third kappa shape index (κ3) is 14.9. The standard InChI is InChI=1S/C29H75O7Si8/c1-22-26(31-37(5,6)7)41(16,17)34-44(29(25-4)40(14,15)30,35-42(18,19)27(23-2)32-38(8,9)10)36-43(20,21)28(24-3)33-39(11,12)13/h26-29H,22-25H2,1-21H3. The number of hydrogen-bond donors (Lipinski definition) is 0. The van der Waals surface area contributed by atoms with Gasteiger partial charge in [-0.25, -0.2) is 0 Å². The highest BCUT2D eigenvalue weighted by Crippen LogP contribution is 2.44. The summed E-state index contributed by atoms with van der Waals surface area (Å²) in [6, 6.07) is 0. The van der Waals surface area contributed by atoms with Crippen molar-refractivity contribution in [3.63, 3.8) is 0 Å². The van der Waals surface area contributed by atoms with Crippen LogP contribution in [-0.2, 0) is 30.4 Å². The SMILES string of the molecule is CCC(O[Si](C)(C)C)[Si](C)(C)O[Si](O[Si](C)(C)C(CC)O[Si](C)(C)C)(O[Si](C)(C)C(CC)O[Si](C)(C)C)C(CC)[Si](C)(C)[O]. The molecule has 0 spiro atoms. The highest BCUT2D eigenvalue weighted by Gasteiger charge is 2.64. The van der Waals surface area contributed by atoms with Crippen LogP contribution in [-0.4, -0.2) is 84.2 Å². The van der Waals surface area contributed by atoms with Crippen molar-refractivity contribution in [2.45, 2.75) is 187 Å². The van der Waals surface area contributed by atoms with Crippen LogP contribution >= 0.6 is 0 Å². The molecule has 4 atom stereocenters. The Labute approximate surface area is 283 Å². The van der Waals surface area contributed by atoms with Gasteiger partial charge in [-0.1, -0.05) is 27.7 Å². The van der Waals surface area contributed by atoms with Crippen molar-refractivity contribution in [2.75, 3.05) is 0 Å². The van der Waals surface area contributed by atoms with Gasteiger partial charge in [-0.3, -0.25) is 4.80 Å². The molecular formula is C29H75O7Si8. The summed E-state index contributed by atoms with van der Waals surface area (Å²) in [7, 11) is -20.3. The highest BCUT2D eigenvalue weighted by atomic mass is 28.5. The quantitative estimate of drug-likeness (QED) is 0.109. The van der Waals surface area contributed by atoms with Crippen molar-refractivity contribution in [3.8, 4) is 0 Å². The van der Waals surface area contributed by atoms with Crippen molar-refractivity contribution in [1.82, 2.24) is 0 Å². The monoisotopic (exact) mass is 759 g/mol. The maximum atomic E-state index is 14.5. The molecule has 0 aromatic rings. The zero-order valence-corrected chi connectivity index (χ0v) is 41.0. The fourth-order valence-corrected chi connectivity index (χ4v) is 39.0. The van der Waals surface area contributed by atoms with Crippen LogP contribution in [0.1, 0.15) is 53.4 Å². The van der Waals surface area contributed by atoms with E-state index in [0.717, 1.165) is 19.3 Å². The summed E-state index contributed by atoms with van der Waals surface area (Å²) in [6.45, 7) is 46.3. The predicted octanol–water partition coefficient (Wildman–Crippen LogP) is 10.1. The van der Waals surface area contributed by atoms with Crippen LogP contribution < -0.4 is 0 Å². The van der Waals surface area contributed by atoms with Crippen LogP contribution in [0.4, 0.5) is 0 Å². The van der Waals surface area contributed by atoms with E-state index in [1.54, 1.807) is 0 Å². The Morgan fingerprint density at radius 2 is 0.636 bits per heavy atom. The van der Waals surface area contributed by atoms with Gasteiger partial charge in [0.05, 0.1) is 17.2 Å². The summed E-state index contributed by atoms with van der Waals surface area (Å²) in [5.74, 6) is 0. The molecule has 0 saturated carbocycles. The van der Waals surface area contributed by atoms with Gasteiger partial charge < -0.3 is 25.6 Å². The zero-order chi connectivity index (χ0) is 35.4. The second-order valence-electron chi connectivity index (χ2n) is 17.7. The van der Waals surface area contributed by atoms with Crippen LogP contribution in [0.3, 0.4) is 0 Å². The molecule has 0 aromatic heterocycles. The normalized spacial score (nSPS) is 19.0. The fraction of sp³-hybridized carbons (Fsp3) is 1.00. The van der Waals surface area contributed by atoms with E-state index in [1.165, 1.54) is 0 Å². The van der Waals surface area contributed by atoms with E-state index in [0.29, 0.717) is 6.42 Å². The molecule has 44 heavy (non-hydrogen) atoms. The lowest BCUT2D eigenvalue weighted by Crippen LogP contribution is -2.72. The Morgan fingerprint density at radius 1 is 0.409 bits per heavy atom. The van der Waals surface area contributed by atoms with E-state index in [4.69, 9.17) is 25.6 Å². The second kappa shape index (κ2) is 16.4. The summed E-state index contributed by atoms with van der Waals surface area (Å²) >= 11 is 0. The molecule has 0 aliphatic heterocycles. The summed E-state index contributed by atoms with van der Waals surface area (Å²) in [5, 5.41) is -0.293. The Bertz CT molecular complexity index is 769. The van der Waals surface area contributed by atoms with E-state index in [2.05, 4.69) is 126 Å². The van der Waals surface area contributed by atoms with Crippen molar-refractivity contribution < 1.29 is 30.4 Å². The number of rotatable bonds is 21. The Hall–Kier alpha value is 1.46. The molecule has 0 rings (SSSR count). The smallest absolute Gasteiger partial charge is 0.415 e. The molecular weight excluding hydrogens is 685 g/mol. The lowest BCUT2D eigenvalue weighted by Gasteiger charge is -2.53. The van der Waals surface area contributed by atoms with E-state index in [-0.39, 0.29) is 22.3 Å². The minimum absolute atomic E-state index is 0.0165. The molecule has 0 fully saturated rings. The molecule has 1 radical (unpaired) electrons. The minimum Gasteiger partial charge on any atom is -0.415 e. The molecule has 265 valence electrons. The molecule has 0 aliphatic carbocycles. The van der Waals surface area contributed by atoms with Gasteiger partial charge >= 0.3 is 8.80 Å². The van der Waals surface area contributed by atoms with Gasteiger partial charge in [0.25, 0.3) is 0 Å². The molecule has 0 N–H and O–H groups in total. The van der Waals surface area contributed by atoms with Gasteiger partial charge in [0, 0.05) is 5.16 Å². The summed E-state index contributed by atoms with van der Waals surface area (Å²) in [4.78, 5) is 14.5. The van der Waals surface area contributed by atoms with Gasteiger partial charge in [-0.15, -0.1) is 0 Å². The van der Waals surface area contributed by atoms with Gasteiger partial charge in [0.2, 0.25) is 33.3 Å². The average Bonchev–Trinajstić information content (AvgIpc) is 2.75. The largest absolute Gasteiger partial charge is 0.472 e. The second-order valence-corrected chi connectivity index (χ2v) is 51.4. The molecule has 0 heterocycles. The summed E-state index contributed by atoms with van der Waals surface area (Å²) in [5.41, 5.74) is -0.0496. The van der Waals surface area contributed by atoms with E-state index < -0.39 is 67.0 Å². The van der Waals surface area contributed by atoms with Crippen LogP contribution in [0.25, 0.3) is 0 Å². The van der Waals surface area contributed by atoms with Crippen molar-refractivity contribution >= 4 is 67.0 Å². The Morgan fingerprint density at radius 3 is 0.773 bits per heavy atom. The first kappa shape index (κ1) is 45.5. The Kier molecular flexibility index (Phi) is 17.0. The third-order valence-corrected chi connectivity index (χ3v) is 34.0. The molecule has 7 nitrogen and oxygen atoms in total. The molecule has 0 saturated heterocycles. The van der Waals surface area contributed by atoms with Crippen LogP contribution in [0.2, 0.25) is 116 Å². The topological polar surface area (TPSA) is 75.3 Å². The Balaban J connectivity index is 7.67.